The molecule has 0 bridgehead atoms. The van der Waals surface area contributed by atoms with Crippen molar-refractivity contribution in [3.05, 3.63) is 92.8 Å². The largest absolute Gasteiger partial charge is 0.493 e. The van der Waals surface area contributed by atoms with Crippen molar-refractivity contribution in [2.24, 2.45) is 0 Å². The van der Waals surface area contributed by atoms with Gasteiger partial charge in [-0.25, -0.2) is 0 Å². The molecule has 0 radical (unpaired) electrons. The first-order chi connectivity index (χ1) is 16.9. The number of imide groups is 1. The molecule has 0 N–H and O–H groups in total. The van der Waals surface area contributed by atoms with Crippen molar-refractivity contribution in [1.82, 2.24) is 4.90 Å². The lowest BCUT2D eigenvalue weighted by Crippen LogP contribution is -2.27. The average molecular weight is 530 g/mol. The van der Waals surface area contributed by atoms with E-state index < -0.39 is 0 Å². The van der Waals surface area contributed by atoms with Gasteiger partial charge in [-0.2, -0.15) is 0 Å². The highest BCUT2D eigenvalue weighted by Gasteiger charge is 2.35. The second-order valence-corrected chi connectivity index (χ2v) is 9.26. The zero-order valence-corrected chi connectivity index (χ0v) is 21.0. The van der Waals surface area contributed by atoms with Crippen LogP contribution in [0, 0.1) is 0 Å². The number of methoxy groups -OCH3 is 1. The molecule has 6 nitrogen and oxygen atoms in total. The number of carbonyl (C=O) groups excluding carboxylic acids is 2. The Morgan fingerprint density at radius 3 is 2.43 bits per heavy atom. The van der Waals surface area contributed by atoms with E-state index in [0.29, 0.717) is 50.8 Å². The Balaban J connectivity index is 1.41. The van der Waals surface area contributed by atoms with E-state index in [1.165, 1.54) is 7.11 Å². The number of rotatable bonds is 9. The Kier molecular flexibility index (Phi) is 8.23. The fraction of sp³-hybridized carbons (Fsp3) is 0.154. The molecule has 1 fully saturated rings. The molecule has 1 heterocycles. The standard InChI is InChI=1S/C26H21Cl2NO5S/c1-32-23-13-17(7-10-22(23)34-12-11-33-20-5-3-2-4-6-20)14-24-25(30)29(26(31)35-24)16-18-8-9-19(27)15-21(18)28/h2-10,13-15H,11-12,16H2,1H3/b24-14-. The number of halogens is 2. The normalized spacial score (nSPS) is 14.5. The van der Waals surface area contributed by atoms with Crippen LogP contribution in [0.25, 0.3) is 6.08 Å². The average Bonchev–Trinajstić information content (AvgIpc) is 3.11. The zero-order chi connectivity index (χ0) is 24.8. The van der Waals surface area contributed by atoms with Gasteiger partial charge in [-0.15, -0.1) is 0 Å². The Morgan fingerprint density at radius 1 is 0.914 bits per heavy atom. The topological polar surface area (TPSA) is 65.1 Å². The van der Waals surface area contributed by atoms with Gasteiger partial charge < -0.3 is 14.2 Å². The van der Waals surface area contributed by atoms with Gasteiger partial charge in [0.05, 0.1) is 18.6 Å². The molecule has 3 aromatic rings. The molecular formula is C26H21Cl2NO5S. The summed E-state index contributed by atoms with van der Waals surface area (Å²) in [5.41, 5.74) is 1.34. The second-order valence-electron chi connectivity index (χ2n) is 7.42. The highest BCUT2D eigenvalue weighted by molar-refractivity contribution is 8.18. The fourth-order valence-corrected chi connectivity index (χ4v) is 4.64. The van der Waals surface area contributed by atoms with E-state index >= 15 is 0 Å². The molecule has 0 unspecified atom stereocenters. The van der Waals surface area contributed by atoms with E-state index in [2.05, 4.69) is 0 Å². The van der Waals surface area contributed by atoms with Crippen LogP contribution in [-0.2, 0) is 11.3 Å². The zero-order valence-electron chi connectivity index (χ0n) is 18.7. The molecule has 0 saturated carbocycles. The summed E-state index contributed by atoms with van der Waals surface area (Å²) in [7, 11) is 1.54. The third-order valence-electron chi connectivity index (χ3n) is 5.06. The van der Waals surface area contributed by atoms with Crippen LogP contribution >= 0.6 is 35.0 Å². The fourth-order valence-electron chi connectivity index (χ4n) is 3.33. The number of hydrogen-bond acceptors (Lipinski definition) is 6. The smallest absolute Gasteiger partial charge is 0.293 e. The molecule has 0 atom stereocenters. The van der Waals surface area contributed by atoms with Crippen molar-refractivity contribution < 1.29 is 23.8 Å². The summed E-state index contributed by atoms with van der Waals surface area (Å²) < 4.78 is 16.9. The number of thioether (sulfide) groups is 1. The van der Waals surface area contributed by atoms with Gasteiger partial charge in [-0.3, -0.25) is 14.5 Å². The second kappa shape index (κ2) is 11.5. The molecule has 0 aromatic heterocycles. The number of carbonyl (C=O) groups is 2. The number of benzene rings is 3. The predicted octanol–water partition coefficient (Wildman–Crippen LogP) is 6.70. The lowest BCUT2D eigenvalue weighted by atomic mass is 10.1. The third kappa shape index (κ3) is 6.31. The maximum absolute atomic E-state index is 12.9. The molecule has 4 rings (SSSR count). The van der Waals surface area contributed by atoms with Crippen LogP contribution in [0.4, 0.5) is 4.79 Å². The van der Waals surface area contributed by atoms with Crippen molar-refractivity contribution >= 4 is 52.2 Å². The number of nitrogens with zero attached hydrogens (tertiary/aromatic N) is 1. The lowest BCUT2D eigenvalue weighted by molar-refractivity contribution is -0.123. The van der Waals surface area contributed by atoms with Gasteiger partial charge in [-0.05, 0) is 65.4 Å². The monoisotopic (exact) mass is 529 g/mol. The van der Waals surface area contributed by atoms with Crippen LogP contribution in [0.2, 0.25) is 10.0 Å². The Labute approximate surface area is 217 Å². The van der Waals surface area contributed by atoms with E-state index in [1.807, 2.05) is 30.3 Å². The lowest BCUT2D eigenvalue weighted by Gasteiger charge is -2.14. The predicted molar refractivity (Wildman–Crippen MR) is 138 cm³/mol. The summed E-state index contributed by atoms with van der Waals surface area (Å²) in [4.78, 5) is 26.9. The first-order valence-corrected chi connectivity index (χ1v) is 12.2. The van der Waals surface area contributed by atoms with Crippen LogP contribution < -0.4 is 14.2 Å². The Bertz CT molecular complexity index is 1270. The van der Waals surface area contributed by atoms with Crippen molar-refractivity contribution in [2.45, 2.75) is 6.54 Å². The molecule has 1 saturated heterocycles. The Morgan fingerprint density at radius 2 is 1.69 bits per heavy atom. The van der Waals surface area contributed by atoms with Gasteiger partial charge >= 0.3 is 0 Å². The molecule has 0 aliphatic carbocycles. The number of para-hydroxylation sites is 1. The molecular weight excluding hydrogens is 509 g/mol. The molecule has 3 aromatic carbocycles. The van der Waals surface area contributed by atoms with Crippen LogP contribution in [0.3, 0.4) is 0 Å². The van der Waals surface area contributed by atoms with Gasteiger partial charge in [0.2, 0.25) is 0 Å². The van der Waals surface area contributed by atoms with Gasteiger partial charge in [0.15, 0.2) is 11.5 Å². The van der Waals surface area contributed by atoms with E-state index in [-0.39, 0.29) is 17.7 Å². The Hall–Kier alpha value is -3.13. The molecule has 9 heteroatoms. The summed E-state index contributed by atoms with van der Waals surface area (Å²) >= 11 is 13.0. The molecule has 35 heavy (non-hydrogen) atoms. The number of hydrogen-bond donors (Lipinski definition) is 0. The summed E-state index contributed by atoms with van der Waals surface area (Å²) in [6, 6.07) is 19.7. The summed E-state index contributed by atoms with van der Waals surface area (Å²) in [5, 5.41) is 0.519. The van der Waals surface area contributed by atoms with Crippen LogP contribution in [0.15, 0.2) is 71.6 Å². The quantitative estimate of drug-likeness (QED) is 0.227. The highest BCUT2D eigenvalue weighted by atomic mass is 35.5. The van der Waals surface area contributed by atoms with E-state index in [4.69, 9.17) is 37.4 Å². The van der Waals surface area contributed by atoms with E-state index in [0.717, 1.165) is 22.4 Å². The maximum Gasteiger partial charge on any atom is 0.293 e. The first-order valence-electron chi connectivity index (χ1n) is 10.6. The number of amides is 2. The number of ether oxygens (including phenoxy) is 3. The summed E-state index contributed by atoms with van der Waals surface area (Å²) in [6.45, 7) is 0.773. The molecule has 0 spiro atoms. The summed E-state index contributed by atoms with van der Waals surface area (Å²) in [6.07, 6.45) is 1.65. The maximum atomic E-state index is 12.9. The molecule has 1 aliphatic heterocycles. The minimum Gasteiger partial charge on any atom is -0.493 e. The molecule has 1 aliphatic rings. The molecule has 2 amide bonds. The van der Waals surface area contributed by atoms with Gasteiger partial charge in [0.25, 0.3) is 11.1 Å². The van der Waals surface area contributed by atoms with Gasteiger partial charge in [0, 0.05) is 10.0 Å². The SMILES string of the molecule is COc1cc(/C=C2\SC(=O)N(Cc3ccc(Cl)cc3Cl)C2=O)ccc1OCCOc1ccccc1. The van der Waals surface area contributed by atoms with Gasteiger partial charge in [0.1, 0.15) is 19.0 Å². The van der Waals surface area contributed by atoms with Gasteiger partial charge in [-0.1, -0.05) is 53.5 Å². The van der Waals surface area contributed by atoms with Crippen molar-refractivity contribution in [2.75, 3.05) is 20.3 Å². The molecule has 180 valence electrons. The highest BCUT2D eigenvalue weighted by Crippen LogP contribution is 2.36. The summed E-state index contributed by atoms with van der Waals surface area (Å²) in [5.74, 6) is 1.44. The van der Waals surface area contributed by atoms with E-state index in [1.54, 1.807) is 42.5 Å². The van der Waals surface area contributed by atoms with Crippen molar-refractivity contribution in [1.29, 1.82) is 0 Å². The van der Waals surface area contributed by atoms with Crippen molar-refractivity contribution in [3.63, 3.8) is 0 Å². The minimum atomic E-state index is -0.386. The third-order valence-corrected chi connectivity index (χ3v) is 6.55. The minimum absolute atomic E-state index is 0.0686. The van der Waals surface area contributed by atoms with Crippen LogP contribution in [0.1, 0.15) is 11.1 Å². The first kappa shape index (κ1) is 25.0. The van der Waals surface area contributed by atoms with Crippen molar-refractivity contribution in [3.8, 4) is 17.2 Å². The van der Waals surface area contributed by atoms with Crippen LogP contribution in [0.5, 0.6) is 17.2 Å². The van der Waals surface area contributed by atoms with Crippen LogP contribution in [-0.4, -0.2) is 36.4 Å². The van der Waals surface area contributed by atoms with E-state index in [9.17, 15) is 9.59 Å².